The first-order valence-electron chi connectivity index (χ1n) is 5.51. The van der Waals surface area contributed by atoms with Crippen molar-refractivity contribution < 1.29 is 0 Å². The molecule has 0 saturated heterocycles. The lowest BCUT2D eigenvalue weighted by Crippen LogP contribution is -2.08. The van der Waals surface area contributed by atoms with Crippen LogP contribution < -0.4 is 0 Å². The molecule has 1 aromatic carbocycles. The Kier molecular flexibility index (Phi) is 5.70. The van der Waals surface area contributed by atoms with Gasteiger partial charge in [-0.3, -0.25) is 0 Å². The van der Waals surface area contributed by atoms with E-state index in [1.54, 1.807) is 0 Å². The van der Waals surface area contributed by atoms with Crippen molar-refractivity contribution >= 4 is 27.5 Å². The van der Waals surface area contributed by atoms with Gasteiger partial charge in [0.05, 0.1) is 0 Å². The smallest absolute Gasteiger partial charge is 0.0438 e. The van der Waals surface area contributed by atoms with Crippen LogP contribution in [0.5, 0.6) is 0 Å². The Labute approximate surface area is 106 Å². The Morgan fingerprint density at radius 2 is 2.00 bits per heavy atom. The van der Waals surface area contributed by atoms with E-state index in [0.29, 0.717) is 4.83 Å². The molecule has 0 bridgehead atoms. The second-order valence-corrected chi connectivity index (χ2v) is 5.84. The predicted octanol–water partition coefficient (Wildman–Crippen LogP) is 5.08. The fourth-order valence-corrected chi connectivity index (χ4v) is 2.79. The van der Waals surface area contributed by atoms with E-state index in [1.807, 2.05) is 18.2 Å². The van der Waals surface area contributed by atoms with Gasteiger partial charge in [0.2, 0.25) is 0 Å². The molecule has 2 atom stereocenters. The van der Waals surface area contributed by atoms with Gasteiger partial charge in [-0.05, 0) is 30.4 Å². The zero-order chi connectivity index (χ0) is 11.3. The van der Waals surface area contributed by atoms with Gasteiger partial charge in [0.1, 0.15) is 0 Å². The van der Waals surface area contributed by atoms with Gasteiger partial charge in [0.15, 0.2) is 0 Å². The van der Waals surface area contributed by atoms with Crippen LogP contribution in [0.25, 0.3) is 0 Å². The summed E-state index contributed by atoms with van der Waals surface area (Å²) in [6.45, 7) is 4.53. The highest BCUT2D eigenvalue weighted by Crippen LogP contribution is 2.23. The zero-order valence-electron chi connectivity index (χ0n) is 9.34. The van der Waals surface area contributed by atoms with Crippen molar-refractivity contribution in [2.24, 2.45) is 5.92 Å². The molecule has 0 nitrogen and oxygen atoms in total. The normalized spacial score (nSPS) is 14.9. The third kappa shape index (κ3) is 4.56. The van der Waals surface area contributed by atoms with Crippen molar-refractivity contribution in [2.75, 3.05) is 0 Å². The minimum atomic E-state index is 0.535. The van der Waals surface area contributed by atoms with E-state index in [-0.39, 0.29) is 0 Å². The molecule has 0 N–H and O–H groups in total. The van der Waals surface area contributed by atoms with Crippen LogP contribution in [0.4, 0.5) is 0 Å². The van der Waals surface area contributed by atoms with Crippen molar-refractivity contribution in [3.8, 4) is 0 Å². The summed E-state index contributed by atoms with van der Waals surface area (Å²) in [6.07, 6.45) is 3.47. The first-order chi connectivity index (χ1) is 7.13. The molecular formula is C13H18BrCl. The van der Waals surface area contributed by atoms with E-state index >= 15 is 0 Å². The van der Waals surface area contributed by atoms with Crippen LogP contribution in [0, 0.1) is 5.92 Å². The summed E-state index contributed by atoms with van der Waals surface area (Å²) in [5, 5.41) is 0.881. The average Bonchev–Trinajstić information content (AvgIpc) is 2.21. The number of hydrogen-bond acceptors (Lipinski definition) is 0. The molecule has 0 radical (unpaired) electrons. The van der Waals surface area contributed by atoms with Gasteiger partial charge in [-0.1, -0.05) is 66.0 Å². The summed E-state index contributed by atoms with van der Waals surface area (Å²) in [5.41, 5.74) is 1.24. The van der Waals surface area contributed by atoms with E-state index in [2.05, 4.69) is 35.8 Å². The summed E-state index contributed by atoms with van der Waals surface area (Å²) in [7, 11) is 0. The van der Waals surface area contributed by atoms with Gasteiger partial charge in [-0.2, -0.15) is 0 Å². The lowest BCUT2D eigenvalue weighted by molar-refractivity contribution is 0.507. The van der Waals surface area contributed by atoms with Gasteiger partial charge in [-0.25, -0.2) is 0 Å². The van der Waals surface area contributed by atoms with Crippen LogP contribution in [0.2, 0.25) is 5.02 Å². The van der Waals surface area contributed by atoms with Crippen LogP contribution >= 0.6 is 27.5 Å². The average molecular weight is 290 g/mol. The molecule has 0 fully saturated rings. The van der Waals surface area contributed by atoms with Gasteiger partial charge < -0.3 is 0 Å². The minimum absolute atomic E-state index is 0.535. The van der Waals surface area contributed by atoms with E-state index in [9.17, 15) is 0 Å². The monoisotopic (exact) mass is 288 g/mol. The molecule has 0 heterocycles. The first kappa shape index (κ1) is 13.1. The van der Waals surface area contributed by atoms with Crippen molar-refractivity contribution in [3.05, 3.63) is 34.9 Å². The standard InChI is InChI=1S/C13H18BrCl/c1-3-10(2)8-12(14)9-11-6-4-5-7-13(11)15/h4-7,10,12H,3,8-9H2,1-2H3. The Morgan fingerprint density at radius 1 is 1.33 bits per heavy atom. The lowest BCUT2D eigenvalue weighted by atomic mass is 9.99. The number of rotatable bonds is 5. The van der Waals surface area contributed by atoms with E-state index in [1.165, 1.54) is 18.4 Å². The third-order valence-corrected chi connectivity index (χ3v) is 3.82. The first-order valence-corrected chi connectivity index (χ1v) is 6.80. The van der Waals surface area contributed by atoms with E-state index < -0.39 is 0 Å². The second kappa shape index (κ2) is 6.55. The number of alkyl halides is 1. The maximum Gasteiger partial charge on any atom is 0.0438 e. The van der Waals surface area contributed by atoms with Crippen molar-refractivity contribution in [1.29, 1.82) is 0 Å². The van der Waals surface area contributed by atoms with Crippen LogP contribution in [0.1, 0.15) is 32.3 Å². The highest BCUT2D eigenvalue weighted by molar-refractivity contribution is 9.09. The summed E-state index contributed by atoms with van der Waals surface area (Å²) >= 11 is 9.85. The highest BCUT2D eigenvalue weighted by Gasteiger charge is 2.11. The SMILES string of the molecule is CCC(C)CC(Br)Cc1ccccc1Cl. The second-order valence-electron chi connectivity index (χ2n) is 4.14. The van der Waals surface area contributed by atoms with E-state index in [0.717, 1.165) is 17.4 Å². The molecule has 0 saturated carbocycles. The minimum Gasteiger partial charge on any atom is -0.0887 e. The van der Waals surface area contributed by atoms with Crippen LogP contribution in [-0.2, 0) is 6.42 Å². The van der Waals surface area contributed by atoms with Gasteiger partial charge in [0, 0.05) is 9.85 Å². The summed E-state index contributed by atoms with van der Waals surface area (Å²) in [6, 6.07) is 8.08. The molecule has 0 aliphatic heterocycles. The molecule has 2 unspecified atom stereocenters. The molecule has 84 valence electrons. The molecule has 0 aliphatic rings. The van der Waals surface area contributed by atoms with Gasteiger partial charge in [-0.15, -0.1) is 0 Å². The molecule has 0 aliphatic carbocycles. The largest absolute Gasteiger partial charge is 0.0887 e. The maximum atomic E-state index is 6.12. The number of hydrogen-bond donors (Lipinski definition) is 0. The van der Waals surface area contributed by atoms with Gasteiger partial charge in [0.25, 0.3) is 0 Å². The lowest BCUT2D eigenvalue weighted by Gasteiger charge is -2.15. The van der Waals surface area contributed by atoms with Crippen molar-refractivity contribution in [3.63, 3.8) is 0 Å². The van der Waals surface area contributed by atoms with Crippen LogP contribution in [0.3, 0.4) is 0 Å². The maximum absolute atomic E-state index is 6.12. The zero-order valence-corrected chi connectivity index (χ0v) is 11.7. The molecule has 1 aromatic rings. The molecule has 1 rings (SSSR count). The number of halogens is 2. The molecular weight excluding hydrogens is 271 g/mol. The topological polar surface area (TPSA) is 0 Å². The molecule has 0 aromatic heterocycles. The Hall–Kier alpha value is -0.0100. The molecule has 0 spiro atoms. The molecule has 15 heavy (non-hydrogen) atoms. The highest BCUT2D eigenvalue weighted by atomic mass is 79.9. The number of benzene rings is 1. The Morgan fingerprint density at radius 3 is 2.60 bits per heavy atom. The predicted molar refractivity (Wildman–Crippen MR) is 71.9 cm³/mol. The molecule has 0 amide bonds. The Balaban J connectivity index is 2.51. The van der Waals surface area contributed by atoms with Crippen LogP contribution in [0.15, 0.2) is 24.3 Å². The molecule has 2 heteroatoms. The summed E-state index contributed by atoms with van der Waals surface area (Å²) in [5.74, 6) is 0.775. The third-order valence-electron chi connectivity index (χ3n) is 2.75. The fourth-order valence-electron chi connectivity index (χ4n) is 1.59. The van der Waals surface area contributed by atoms with Gasteiger partial charge >= 0.3 is 0 Å². The van der Waals surface area contributed by atoms with Crippen molar-refractivity contribution in [1.82, 2.24) is 0 Å². The summed E-state index contributed by atoms with van der Waals surface area (Å²) in [4.78, 5) is 0.535. The van der Waals surface area contributed by atoms with Crippen LogP contribution in [-0.4, -0.2) is 4.83 Å². The summed E-state index contributed by atoms with van der Waals surface area (Å²) < 4.78 is 0. The Bertz CT molecular complexity index is 298. The van der Waals surface area contributed by atoms with Crippen molar-refractivity contribution in [2.45, 2.75) is 37.9 Å². The fraction of sp³-hybridized carbons (Fsp3) is 0.538. The quantitative estimate of drug-likeness (QED) is 0.663. The van der Waals surface area contributed by atoms with E-state index in [4.69, 9.17) is 11.6 Å².